The Morgan fingerprint density at radius 1 is 1.15 bits per heavy atom. The van der Waals surface area contributed by atoms with Crippen LogP contribution in [0, 0.1) is 11.5 Å². The number of hydrogen-bond acceptors (Lipinski definition) is 7. The van der Waals surface area contributed by atoms with E-state index in [-0.39, 0.29) is 18.0 Å². The molecule has 0 saturated heterocycles. The fourth-order valence-electron chi connectivity index (χ4n) is 0.626. The second-order valence-corrected chi connectivity index (χ2v) is 1.87. The van der Waals surface area contributed by atoms with E-state index in [0.717, 1.165) is 0 Å². The van der Waals surface area contributed by atoms with Gasteiger partial charge in [-0.3, -0.25) is 5.32 Å². The Morgan fingerprint density at radius 2 is 1.69 bits per heavy atom. The number of hydrogen-bond donors (Lipinski definition) is 1. The van der Waals surface area contributed by atoms with E-state index >= 15 is 0 Å². The number of nitrogens with zero attached hydrogens (tertiary/aromatic N) is 4. The molecular weight excluding hydrogens is 174 g/mol. The van der Waals surface area contributed by atoms with Gasteiger partial charge in [-0.2, -0.15) is 15.2 Å². The van der Waals surface area contributed by atoms with Gasteiger partial charge in [0, 0.05) is 0 Å². The van der Waals surface area contributed by atoms with Crippen molar-refractivity contribution in [2.45, 2.75) is 0 Å². The molecule has 1 rings (SSSR count). The largest absolute Gasteiger partial charge is 0.467 e. The standard InChI is InChI=1S/C6H7N5O2/c1-12-5-9-4(8-3-7)10-6(11-5)13-2/h1-2H3,(H,8,9,10,11). The van der Waals surface area contributed by atoms with E-state index in [1.807, 2.05) is 0 Å². The van der Waals surface area contributed by atoms with E-state index in [0.29, 0.717) is 0 Å². The van der Waals surface area contributed by atoms with Crippen molar-refractivity contribution < 1.29 is 9.47 Å². The lowest BCUT2D eigenvalue weighted by Crippen LogP contribution is -2.03. The Hall–Kier alpha value is -2.10. The summed E-state index contributed by atoms with van der Waals surface area (Å²) >= 11 is 0. The Bertz CT molecular complexity index is 312. The molecule has 1 heterocycles. The zero-order valence-corrected chi connectivity index (χ0v) is 7.11. The van der Waals surface area contributed by atoms with E-state index in [1.54, 1.807) is 6.19 Å². The molecule has 0 aliphatic carbocycles. The summed E-state index contributed by atoms with van der Waals surface area (Å²) in [6.07, 6.45) is 1.67. The maximum absolute atomic E-state index is 8.30. The molecule has 0 unspecified atom stereocenters. The van der Waals surface area contributed by atoms with Crippen LogP contribution in [0.1, 0.15) is 0 Å². The van der Waals surface area contributed by atoms with Gasteiger partial charge in [-0.15, -0.1) is 4.98 Å². The van der Waals surface area contributed by atoms with Gasteiger partial charge in [-0.25, -0.2) is 0 Å². The van der Waals surface area contributed by atoms with Crippen molar-refractivity contribution in [1.29, 1.82) is 5.26 Å². The first-order valence-electron chi connectivity index (χ1n) is 3.29. The summed E-state index contributed by atoms with van der Waals surface area (Å²) in [5, 5.41) is 10.5. The number of aromatic nitrogens is 3. The Balaban J connectivity index is 3.01. The maximum Gasteiger partial charge on any atom is 0.324 e. The lowest BCUT2D eigenvalue weighted by atomic mass is 10.8. The van der Waals surface area contributed by atoms with Gasteiger partial charge < -0.3 is 9.47 Å². The summed E-state index contributed by atoms with van der Waals surface area (Å²) in [5.74, 6) is 0.0891. The fraction of sp³-hybridized carbons (Fsp3) is 0.333. The van der Waals surface area contributed by atoms with Gasteiger partial charge in [-0.05, 0) is 0 Å². The summed E-state index contributed by atoms with van der Waals surface area (Å²) in [6, 6.07) is 0.175. The molecule has 0 saturated carbocycles. The minimum absolute atomic E-state index is 0.0876. The third-order valence-corrected chi connectivity index (χ3v) is 1.13. The van der Waals surface area contributed by atoms with Gasteiger partial charge in [0.1, 0.15) is 0 Å². The molecule has 13 heavy (non-hydrogen) atoms. The third-order valence-electron chi connectivity index (χ3n) is 1.13. The molecule has 0 aliphatic heterocycles. The van der Waals surface area contributed by atoms with E-state index in [1.165, 1.54) is 14.2 Å². The lowest BCUT2D eigenvalue weighted by Gasteiger charge is -2.02. The first-order valence-corrected chi connectivity index (χ1v) is 3.29. The highest BCUT2D eigenvalue weighted by molar-refractivity contribution is 5.31. The molecule has 68 valence electrons. The molecule has 0 aliphatic rings. The van der Waals surface area contributed by atoms with E-state index in [4.69, 9.17) is 14.7 Å². The molecule has 0 spiro atoms. The van der Waals surface area contributed by atoms with Crippen LogP contribution in [0.25, 0.3) is 0 Å². The van der Waals surface area contributed by atoms with Crippen molar-refractivity contribution >= 4 is 5.95 Å². The van der Waals surface area contributed by atoms with Gasteiger partial charge in [-0.1, -0.05) is 0 Å². The zero-order valence-electron chi connectivity index (χ0n) is 7.11. The molecule has 1 aromatic rings. The van der Waals surface area contributed by atoms with E-state index in [2.05, 4.69) is 20.3 Å². The predicted octanol–water partition coefficient (Wildman–Crippen LogP) is -0.218. The first-order chi connectivity index (χ1) is 6.30. The highest BCUT2D eigenvalue weighted by Gasteiger charge is 2.05. The van der Waals surface area contributed by atoms with Gasteiger partial charge in [0.15, 0.2) is 6.19 Å². The number of ether oxygens (including phenoxy) is 2. The van der Waals surface area contributed by atoms with Crippen molar-refractivity contribution in [3.63, 3.8) is 0 Å². The van der Waals surface area contributed by atoms with Crippen LogP contribution < -0.4 is 14.8 Å². The lowest BCUT2D eigenvalue weighted by molar-refractivity contribution is 0.341. The molecule has 7 nitrogen and oxygen atoms in total. The summed E-state index contributed by atoms with van der Waals surface area (Å²) in [6.45, 7) is 0. The van der Waals surface area contributed by atoms with Crippen molar-refractivity contribution in [3.8, 4) is 18.2 Å². The summed E-state index contributed by atoms with van der Waals surface area (Å²) in [5.41, 5.74) is 0. The smallest absolute Gasteiger partial charge is 0.324 e. The second kappa shape index (κ2) is 4.06. The SMILES string of the molecule is COc1nc(NC#N)nc(OC)n1. The zero-order chi connectivity index (χ0) is 9.68. The van der Waals surface area contributed by atoms with Crippen LogP contribution in [-0.4, -0.2) is 29.2 Å². The monoisotopic (exact) mass is 181 g/mol. The quantitative estimate of drug-likeness (QED) is 0.509. The third kappa shape index (κ3) is 2.16. The fourth-order valence-corrected chi connectivity index (χ4v) is 0.626. The van der Waals surface area contributed by atoms with Crippen LogP contribution in [-0.2, 0) is 0 Å². The highest BCUT2D eigenvalue weighted by atomic mass is 16.5. The van der Waals surface area contributed by atoms with Crippen LogP contribution in [0.4, 0.5) is 5.95 Å². The molecule has 0 radical (unpaired) electrons. The second-order valence-electron chi connectivity index (χ2n) is 1.87. The minimum Gasteiger partial charge on any atom is -0.467 e. The molecular formula is C6H7N5O2. The molecule has 7 heteroatoms. The van der Waals surface area contributed by atoms with E-state index < -0.39 is 0 Å². The molecule has 0 atom stereocenters. The van der Waals surface area contributed by atoms with Crippen molar-refractivity contribution in [1.82, 2.24) is 15.0 Å². The van der Waals surface area contributed by atoms with Crippen molar-refractivity contribution in [3.05, 3.63) is 0 Å². The number of nitriles is 1. The average Bonchev–Trinajstić information content (AvgIpc) is 2.17. The number of rotatable bonds is 3. The highest BCUT2D eigenvalue weighted by Crippen LogP contribution is 2.10. The van der Waals surface area contributed by atoms with Crippen LogP contribution in [0.2, 0.25) is 0 Å². The van der Waals surface area contributed by atoms with Crippen LogP contribution in [0.15, 0.2) is 0 Å². The number of methoxy groups -OCH3 is 2. The first kappa shape index (κ1) is 8.99. The molecule has 0 aromatic carbocycles. The molecule has 1 N–H and O–H groups in total. The summed E-state index contributed by atoms with van der Waals surface area (Å²) in [7, 11) is 2.82. The van der Waals surface area contributed by atoms with Crippen molar-refractivity contribution in [2.75, 3.05) is 19.5 Å². The van der Waals surface area contributed by atoms with E-state index in [9.17, 15) is 0 Å². The normalized spacial score (nSPS) is 8.69. The van der Waals surface area contributed by atoms with Crippen LogP contribution >= 0.6 is 0 Å². The number of nitrogens with one attached hydrogen (secondary N) is 1. The van der Waals surface area contributed by atoms with Crippen LogP contribution in [0.3, 0.4) is 0 Å². The Kier molecular flexibility index (Phi) is 2.81. The molecule has 1 aromatic heterocycles. The van der Waals surface area contributed by atoms with Gasteiger partial charge >= 0.3 is 12.0 Å². The minimum atomic E-state index is 0.0876. The molecule has 0 fully saturated rings. The van der Waals surface area contributed by atoms with Gasteiger partial charge in [0.25, 0.3) is 0 Å². The van der Waals surface area contributed by atoms with Gasteiger partial charge in [0.2, 0.25) is 5.95 Å². The predicted molar refractivity (Wildman–Crippen MR) is 42.2 cm³/mol. The molecule has 0 amide bonds. The average molecular weight is 181 g/mol. The summed E-state index contributed by atoms with van der Waals surface area (Å²) in [4.78, 5) is 11.2. The molecule has 0 bridgehead atoms. The Morgan fingerprint density at radius 3 is 2.08 bits per heavy atom. The summed E-state index contributed by atoms with van der Waals surface area (Å²) < 4.78 is 9.50. The van der Waals surface area contributed by atoms with Crippen LogP contribution in [0.5, 0.6) is 12.0 Å². The van der Waals surface area contributed by atoms with Crippen molar-refractivity contribution in [2.24, 2.45) is 0 Å². The topological polar surface area (TPSA) is 93.0 Å². The number of anilines is 1. The van der Waals surface area contributed by atoms with Gasteiger partial charge in [0.05, 0.1) is 14.2 Å². The Labute approximate surface area is 74.4 Å². The maximum atomic E-state index is 8.30.